The van der Waals surface area contributed by atoms with Crippen molar-refractivity contribution in [2.75, 3.05) is 4.90 Å². The van der Waals surface area contributed by atoms with Crippen LogP contribution in [-0.2, 0) is 9.59 Å². The summed E-state index contributed by atoms with van der Waals surface area (Å²) in [4.78, 5) is 37.1. The molecule has 0 saturated carbocycles. The summed E-state index contributed by atoms with van der Waals surface area (Å²) in [5, 5.41) is 32.1. The van der Waals surface area contributed by atoms with Crippen molar-refractivity contribution in [1.29, 1.82) is 0 Å². The minimum Gasteiger partial charge on any atom is -0.507 e. The van der Waals surface area contributed by atoms with Crippen molar-refractivity contribution >= 4 is 28.8 Å². The average Bonchev–Trinajstić information content (AvgIpc) is 3.04. The van der Waals surface area contributed by atoms with Gasteiger partial charge < -0.3 is 10.2 Å². The molecule has 160 valence electrons. The van der Waals surface area contributed by atoms with Gasteiger partial charge in [-0.25, -0.2) is 4.39 Å². The largest absolute Gasteiger partial charge is 0.507 e. The molecule has 0 aliphatic carbocycles. The quantitative estimate of drug-likeness (QED) is 0.210. The van der Waals surface area contributed by atoms with E-state index in [9.17, 15) is 34.3 Å². The van der Waals surface area contributed by atoms with Gasteiger partial charge in [0.2, 0.25) is 0 Å². The number of Topliss-reactive ketones (excluding diaryl/α,β-unsaturated/α-hetero) is 1. The highest BCUT2D eigenvalue weighted by molar-refractivity contribution is 6.51. The molecule has 1 saturated heterocycles. The van der Waals surface area contributed by atoms with E-state index in [0.29, 0.717) is 0 Å². The number of non-ortho nitro benzene ring substituents is 1. The number of aromatic hydroxyl groups is 1. The first kappa shape index (κ1) is 20.7. The second-order valence-corrected chi connectivity index (χ2v) is 6.98. The van der Waals surface area contributed by atoms with Crippen LogP contribution in [0.5, 0.6) is 5.75 Å². The number of phenolic OH excluding ortho intramolecular Hbond substituents is 1. The number of aliphatic hydroxyl groups is 1. The molecular weight excluding hydrogens is 419 g/mol. The van der Waals surface area contributed by atoms with Gasteiger partial charge in [0.25, 0.3) is 17.4 Å². The molecule has 0 bridgehead atoms. The number of aliphatic hydroxyl groups excluding tert-OH is 1. The molecule has 1 aliphatic rings. The van der Waals surface area contributed by atoms with Gasteiger partial charge in [-0.2, -0.15) is 0 Å². The van der Waals surface area contributed by atoms with Crippen molar-refractivity contribution in [3.05, 3.63) is 105 Å². The zero-order valence-corrected chi connectivity index (χ0v) is 16.3. The number of hydrogen-bond acceptors (Lipinski definition) is 6. The summed E-state index contributed by atoms with van der Waals surface area (Å²) in [5.74, 6) is -3.81. The molecule has 0 spiro atoms. The number of carbonyl (C=O) groups excluding carboxylic acids is 2. The van der Waals surface area contributed by atoms with Crippen LogP contribution in [0.1, 0.15) is 17.2 Å². The Labute approximate surface area is 180 Å². The molecule has 0 radical (unpaired) electrons. The second-order valence-electron chi connectivity index (χ2n) is 6.98. The number of carbonyl (C=O) groups is 2. The number of rotatable bonds is 4. The summed E-state index contributed by atoms with van der Waals surface area (Å²) >= 11 is 0. The third-order valence-corrected chi connectivity index (χ3v) is 5.14. The van der Waals surface area contributed by atoms with Crippen LogP contribution in [0.25, 0.3) is 5.76 Å². The second kappa shape index (κ2) is 7.95. The van der Waals surface area contributed by atoms with E-state index in [0.717, 1.165) is 23.1 Å². The Hall–Kier alpha value is -4.53. The molecule has 1 unspecified atom stereocenters. The number of halogens is 1. The first-order chi connectivity index (χ1) is 15.3. The lowest BCUT2D eigenvalue weighted by atomic mass is 9.94. The average molecular weight is 434 g/mol. The summed E-state index contributed by atoms with van der Waals surface area (Å²) in [6, 6.07) is 14.5. The van der Waals surface area contributed by atoms with Crippen LogP contribution in [0.4, 0.5) is 15.8 Å². The fourth-order valence-corrected chi connectivity index (χ4v) is 3.64. The Morgan fingerprint density at radius 1 is 0.969 bits per heavy atom. The Morgan fingerprint density at radius 2 is 1.59 bits per heavy atom. The molecule has 2 N–H and O–H groups in total. The summed E-state index contributed by atoms with van der Waals surface area (Å²) in [7, 11) is 0. The van der Waals surface area contributed by atoms with Crippen LogP contribution in [0.2, 0.25) is 0 Å². The number of hydrogen-bond donors (Lipinski definition) is 2. The lowest BCUT2D eigenvalue weighted by molar-refractivity contribution is -0.384. The zero-order chi connectivity index (χ0) is 23.0. The number of anilines is 1. The first-order valence-electron chi connectivity index (χ1n) is 9.39. The SMILES string of the molecule is O=C1C(=O)N(c2ccccc2O)C(c2ccccc2F)/C1=C(\O)c1ccc([N+](=O)[O-])cc1. The van der Waals surface area contributed by atoms with Crippen LogP contribution in [0.15, 0.2) is 78.4 Å². The molecule has 1 atom stereocenters. The highest BCUT2D eigenvalue weighted by Gasteiger charge is 2.48. The predicted molar refractivity (Wildman–Crippen MR) is 112 cm³/mol. The van der Waals surface area contributed by atoms with Gasteiger partial charge in [-0.05, 0) is 30.3 Å². The molecule has 1 fully saturated rings. The monoisotopic (exact) mass is 434 g/mol. The van der Waals surface area contributed by atoms with E-state index in [1.165, 1.54) is 54.6 Å². The lowest BCUT2D eigenvalue weighted by Crippen LogP contribution is -2.29. The Bertz CT molecular complexity index is 1290. The van der Waals surface area contributed by atoms with E-state index in [-0.39, 0.29) is 28.3 Å². The van der Waals surface area contributed by atoms with Gasteiger partial charge >= 0.3 is 0 Å². The number of benzene rings is 3. The third-order valence-electron chi connectivity index (χ3n) is 5.14. The highest BCUT2D eigenvalue weighted by Crippen LogP contribution is 2.45. The number of nitrogens with zero attached hydrogens (tertiary/aromatic N) is 2. The number of nitro benzene ring substituents is 1. The first-order valence-corrected chi connectivity index (χ1v) is 9.39. The number of nitro groups is 1. The van der Waals surface area contributed by atoms with E-state index in [4.69, 9.17) is 0 Å². The lowest BCUT2D eigenvalue weighted by Gasteiger charge is -2.26. The molecule has 0 aromatic heterocycles. The maximum atomic E-state index is 14.8. The molecule has 1 aliphatic heterocycles. The van der Waals surface area contributed by atoms with Crippen LogP contribution in [0.3, 0.4) is 0 Å². The van der Waals surface area contributed by atoms with E-state index >= 15 is 0 Å². The Morgan fingerprint density at radius 3 is 2.22 bits per heavy atom. The molecule has 3 aromatic rings. The highest BCUT2D eigenvalue weighted by atomic mass is 19.1. The molecule has 32 heavy (non-hydrogen) atoms. The summed E-state index contributed by atoms with van der Waals surface area (Å²) in [6.07, 6.45) is 0. The number of para-hydroxylation sites is 2. The van der Waals surface area contributed by atoms with Crippen LogP contribution in [0, 0.1) is 15.9 Å². The van der Waals surface area contributed by atoms with Crippen molar-refractivity contribution in [3.8, 4) is 5.75 Å². The number of phenols is 1. The number of amides is 1. The molecule has 1 amide bonds. The van der Waals surface area contributed by atoms with Gasteiger partial charge in [-0.1, -0.05) is 30.3 Å². The fraction of sp³-hybridized carbons (Fsp3) is 0.0435. The zero-order valence-electron chi connectivity index (χ0n) is 16.3. The Kier molecular flexibility index (Phi) is 5.15. The van der Waals surface area contributed by atoms with E-state index in [1.54, 1.807) is 0 Å². The molecule has 9 heteroatoms. The molecule has 8 nitrogen and oxygen atoms in total. The maximum absolute atomic E-state index is 14.8. The van der Waals surface area contributed by atoms with E-state index < -0.39 is 39.8 Å². The maximum Gasteiger partial charge on any atom is 0.300 e. The predicted octanol–water partition coefficient (Wildman–Crippen LogP) is 4.07. The molecule has 1 heterocycles. The molecule has 4 rings (SSSR count). The van der Waals surface area contributed by atoms with Crippen molar-refractivity contribution in [3.63, 3.8) is 0 Å². The van der Waals surface area contributed by atoms with Crippen molar-refractivity contribution in [2.45, 2.75) is 6.04 Å². The van der Waals surface area contributed by atoms with Crippen molar-refractivity contribution in [1.82, 2.24) is 0 Å². The van der Waals surface area contributed by atoms with Crippen molar-refractivity contribution < 1.29 is 29.1 Å². The van der Waals surface area contributed by atoms with Gasteiger partial charge in [0.1, 0.15) is 17.3 Å². The van der Waals surface area contributed by atoms with Gasteiger partial charge in [-0.15, -0.1) is 0 Å². The normalized spacial score (nSPS) is 17.5. The van der Waals surface area contributed by atoms with E-state index in [1.807, 2.05) is 0 Å². The standard InChI is InChI=1S/C23H15FN2O6/c24-16-6-2-1-5-15(16)20-19(21(28)13-9-11-14(12-10-13)26(31)32)22(29)23(30)25(20)17-7-3-4-8-18(17)27/h1-12,20,27-28H/b21-19+. The summed E-state index contributed by atoms with van der Waals surface area (Å²) < 4.78 is 14.8. The summed E-state index contributed by atoms with van der Waals surface area (Å²) in [5.41, 5.74) is -0.713. The topological polar surface area (TPSA) is 121 Å². The van der Waals surface area contributed by atoms with Crippen LogP contribution < -0.4 is 4.90 Å². The van der Waals surface area contributed by atoms with Gasteiger partial charge in [0.15, 0.2) is 0 Å². The van der Waals surface area contributed by atoms with Crippen LogP contribution >= 0.6 is 0 Å². The summed E-state index contributed by atoms with van der Waals surface area (Å²) in [6.45, 7) is 0. The minimum absolute atomic E-state index is 0.0345. The van der Waals surface area contributed by atoms with Crippen LogP contribution in [-0.4, -0.2) is 26.8 Å². The minimum atomic E-state index is -1.38. The van der Waals surface area contributed by atoms with Gasteiger partial charge in [0, 0.05) is 23.3 Å². The number of ketones is 1. The van der Waals surface area contributed by atoms with E-state index in [2.05, 4.69) is 0 Å². The fourth-order valence-electron chi connectivity index (χ4n) is 3.64. The van der Waals surface area contributed by atoms with Crippen molar-refractivity contribution in [2.24, 2.45) is 0 Å². The Balaban J connectivity index is 1.96. The smallest absolute Gasteiger partial charge is 0.300 e. The molecule has 3 aromatic carbocycles. The third kappa shape index (κ3) is 3.35. The molecular formula is C23H15FN2O6. The van der Waals surface area contributed by atoms with Gasteiger partial charge in [0.05, 0.1) is 22.2 Å². The van der Waals surface area contributed by atoms with Gasteiger partial charge in [-0.3, -0.25) is 24.6 Å².